The predicted octanol–water partition coefficient (Wildman–Crippen LogP) is 4.03. The summed E-state index contributed by atoms with van der Waals surface area (Å²) >= 11 is 0. The molecule has 8 heteroatoms. The van der Waals surface area contributed by atoms with E-state index in [0.29, 0.717) is 13.2 Å². The van der Waals surface area contributed by atoms with Crippen LogP contribution in [0.1, 0.15) is 5.56 Å². The molecule has 0 atom stereocenters. The Morgan fingerprint density at radius 3 is 2.59 bits per heavy atom. The highest BCUT2D eigenvalue weighted by Crippen LogP contribution is 2.32. The van der Waals surface area contributed by atoms with Gasteiger partial charge in [0.25, 0.3) is 0 Å². The Kier molecular flexibility index (Phi) is 5.07. The molecule has 0 unspecified atom stereocenters. The molecule has 5 heterocycles. The first-order valence-electron chi connectivity index (χ1n) is 11.4. The number of aromatic nitrogens is 6. The third-order valence-electron chi connectivity index (χ3n) is 6.20. The molecule has 5 aromatic rings. The van der Waals surface area contributed by atoms with E-state index in [1.165, 1.54) is 5.56 Å². The lowest BCUT2D eigenvalue weighted by molar-refractivity contribution is 0.123. The Morgan fingerprint density at radius 1 is 0.941 bits per heavy atom. The van der Waals surface area contributed by atoms with Gasteiger partial charge < -0.3 is 14.2 Å². The summed E-state index contributed by atoms with van der Waals surface area (Å²) in [6, 6.07) is 16.4. The number of ether oxygens (including phenoxy) is 1. The molecule has 34 heavy (non-hydrogen) atoms. The molecule has 1 aliphatic heterocycles. The van der Waals surface area contributed by atoms with Gasteiger partial charge >= 0.3 is 0 Å². The van der Waals surface area contributed by atoms with Crippen LogP contribution in [0.3, 0.4) is 0 Å². The van der Waals surface area contributed by atoms with Gasteiger partial charge in [0, 0.05) is 55.9 Å². The summed E-state index contributed by atoms with van der Waals surface area (Å²) in [6.45, 7) is 5.10. The first kappa shape index (κ1) is 20.6. The second kappa shape index (κ2) is 8.39. The predicted molar refractivity (Wildman–Crippen MR) is 132 cm³/mol. The van der Waals surface area contributed by atoms with Crippen molar-refractivity contribution in [3.8, 4) is 28.5 Å². The van der Waals surface area contributed by atoms with E-state index in [0.717, 1.165) is 58.4 Å². The number of anilines is 1. The zero-order chi connectivity index (χ0) is 23.1. The van der Waals surface area contributed by atoms with Crippen molar-refractivity contribution in [2.75, 3.05) is 31.2 Å². The Labute approximate surface area is 197 Å². The van der Waals surface area contributed by atoms with Crippen molar-refractivity contribution in [2.45, 2.75) is 6.92 Å². The van der Waals surface area contributed by atoms with Crippen molar-refractivity contribution in [3.63, 3.8) is 0 Å². The standard InChI is InChI=1S/C26H25N7O/c1-18-5-3-6-19(15-18)21-8-10-33(30-21)23-16-22(32-11-13-34-14-12-32)24-26(28-23)31(2)25(29-24)20-7-4-9-27-17-20/h3-10,15-17H,11-14H2,1-2H3. The summed E-state index contributed by atoms with van der Waals surface area (Å²) in [7, 11) is 2.00. The number of aryl methyl sites for hydroxylation is 2. The SMILES string of the molecule is Cc1cccc(-c2ccn(-c3cc(N4CCOCC4)c4nc(-c5cccnc5)n(C)c4n3)n2)c1. The summed E-state index contributed by atoms with van der Waals surface area (Å²) in [6.07, 6.45) is 5.57. The molecule has 0 aliphatic carbocycles. The van der Waals surface area contributed by atoms with Gasteiger partial charge in [-0.2, -0.15) is 5.10 Å². The smallest absolute Gasteiger partial charge is 0.164 e. The molecule has 1 fully saturated rings. The van der Waals surface area contributed by atoms with Crippen LogP contribution in [0.4, 0.5) is 5.69 Å². The number of hydrogen-bond donors (Lipinski definition) is 0. The highest BCUT2D eigenvalue weighted by atomic mass is 16.5. The summed E-state index contributed by atoms with van der Waals surface area (Å²) in [5.41, 5.74) is 6.90. The first-order valence-corrected chi connectivity index (χ1v) is 11.4. The van der Waals surface area contributed by atoms with Gasteiger partial charge in [0.05, 0.1) is 24.6 Å². The Morgan fingerprint density at radius 2 is 1.79 bits per heavy atom. The van der Waals surface area contributed by atoms with Crippen LogP contribution in [0.2, 0.25) is 0 Å². The maximum absolute atomic E-state index is 5.60. The van der Waals surface area contributed by atoms with Gasteiger partial charge in [-0.15, -0.1) is 0 Å². The van der Waals surface area contributed by atoms with Gasteiger partial charge in [-0.1, -0.05) is 23.8 Å². The third kappa shape index (κ3) is 3.62. The second-order valence-corrected chi connectivity index (χ2v) is 8.52. The summed E-state index contributed by atoms with van der Waals surface area (Å²) in [4.78, 5) is 16.6. The first-order chi connectivity index (χ1) is 16.7. The number of nitrogens with zero attached hydrogens (tertiary/aromatic N) is 7. The number of benzene rings is 1. The Bertz CT molecular complexity index is 1470. The molecule has 0 bridgehead atoms. The van der Waals surface area contributed by atoms with Gasteiger partial charge in [0.15, 0.2) is 11.5 Å². The van der Waals surface area contributed by atoms with Gasteiger partial charge in [-0.25, -0.2) is 14.6 Å². The second-order valence-electron chi connectivity index (χ2n) is 8.52. The molecule has 1 aliphatic rings. The minimum absolute atomic E-state index is 0.695. The lowest BCUT2D eigenvalue weighted by Gasteiger charge is -2.29. The molecule has 0 spiro atoms. The van der Waals surface area contributed by atoms with E-state index in [4.69, 9.17) is 19.8 Å². The number of morpholine rings is 1. The minimum Gasteiger partial charge on any atom is -0.378 e. The summed E-state index contributed by atoms with van der Waals surface area (Å²) < 4.78 is 9.48. The van der Waals surface area contributed by atoms with Crippen LogP contribution in [0.25, 0.3) is 39.6 Å². The average Bonchev–Trinajstić information content (AvgIpc) is 3.50. The maximum Gasteiger partial charge on any atom is 0.164 e. The molecule has 4 aromatic heterocycles. The molecule has 0 amide bonds. The quantitative estimate of drug-likeness (QED) is 0.411. The maximum atomic E-state index is 5.60. The van der Waals surface area contributed by atoms with Crippen LogP contribution in [-0.2, 0) is 11.8 Å². The molecule has 170 valence electrons. The third-order valence-corrected chi connectivity index (χ3v) is 6.20. The Hall–Kier alpha value is -4.04. The highest BCUT2D eigenvalue weighted by Gasteiger charge is 2.22. The largest absolute Gasteiger partial charge is 0.378 e. The van der Waals surface area contributed by atoms with Crippen LogP contribution >= 0.6 is 0 Å². The monoisotopic (exact) mass is 451 g/mol. The molecule has 0 N–H and O–H groups in total. The molecular weight excluding hydrogens is 426 g/mol. The fourth-order valence-electron chi connectivity index (χ4n) is 4.45. The topological polar surface area (TPSA) is 73.9 Å². The van der Waals surface area contributed by atoms with E-state index in [1.807, 2.05) is 46.9 Å². The number of hydrogen-bond acceptors (Lipinski definition) is 6. The van der Waals surface area contributed by atoms with Crippen LogP contribution in [0.5, 0.6) is 0 Å². The molecule has 8 nitrogen and oxygen atoms in total. The zero-order valence-electron chi connectivity index (χ0n) is 19.2. The fourth-order valence-corrected chi connectivity index (χ4v) is 4.45. The van der Waals surface area contributed by atoms with E-state index >= 15 is 0 Å². The van der Waals surface area contributed by atoms with Gasteiger partial charge in [-0.05, 0) is 31.2 Å². The number of pyridine rings is 2. The van der Waals surface area contributed by atoms with Crippen molar-refractivity contribution >= 4 is 16.9 Å². The lowest BCUT2D eigenvalue weighted by Crippen LogP contribution is -2.36. The van der Waals surface area contributed by atoms with Gasteiger partial charge in [0.1, 0.15) is 11.3 Å². The van der Waals surface area contributed by atoms with E-state index in [9.17, 15) is 0 Å². The van der Waals surface area contributed by atoms with Crippen molar-refractivity contribution in [2.24, 2.45) is 7.05 Å². The molecule has 0 saturated carbocycles. The van der Waals surface area contributed by atoms with Gasteiger partial charge in [0.2, 0.25) is 0 Å². The lowest BCUT2D eigenvalue weighted by atomic mass is 10.1. The highest BCUT2D eigenvalue weighted by molar-refractivity contribution is 5.90. The van der Waals surface area contributed by atoms with Gasteiger partial charge in [-0.3, -0.25) is 4.98 Å². The number of imidazole rings is 1. The van der Waals surface area contributed by atoms with Crippen molar-refractivity contribution in [3.05, 3.63) is 72.7 Å². The molecule has 1 saturated heterocycles. The Balaban J connectivity index is 1.51. The van der Waals surface area contributed by atoms with E-state index in [-0.39, 0.29) is 0 Å². The van der Waals surface area contributed by atoms with E-state index in [2.05, 4.69) is 47.1 Å². The normalized spacial score (nSPS) is 14.1. The van der Waals surface area contributed by atoms with E-state index < -0.39 is 0 Å². The molecule has 0 radical (unpaired) electrons. The average molecular weight is 452 g/mol. The fraction of sp³-hybridized carbons (Fsp3) is 0.231. The van der Waals surface area contributed by atoms with Crippen LogP contribution in [-0.4, -0.2) is 55.6 Å². The molecule has 6 rings (SSSR count). The zero-order valence-corrected chi connectivity index (χ0v) is 19.2. The van der Waals surface area contributed by atoms with Crippen LogP contribution in [0, 0.1) is 6.92 Å². The summed E-state index contributed by atoms with van der Waals surface area (Å²) in [5, 5.41) is 4.85. The van der Waals surface area contributed by atoms with Crippen molar-refractivity contribution in [1.82, 2.24) is 29.3 Å². The van der Waals surface area contributed by atoms with Crippen LogP contribution < -0.4 is 4.90 Å². The van der Waals surface area contributed by atoms with Crippen molar-refractivity contribution in [1.29, 1.82) is 0 Å². The summed E-state index contributed by atoms with van der Waals surface area (Å²) in [5.74, 6) is 1.59. The molecular formula is C26H25N7O. The minimum atomic E-state index is 0.695. The molecule has 1 aromatic carbocycles. The van der Waals surface area contributed by atoms with E-state index in [1.54, 1.807) is 6.20 Å². The van der Waals surface area contributed by atoms with Crippen molar-refractivity contribution < 1.29 is 4.74 Å². The number of fused-ring (bicyclic) bond motifs is 1. The van der Waals surface area contributed by atoms with Crippen LogP contribution in [0.15, 0.2) is 67.1 Å². The number of rotatable bonds is 4.